The summed E-state index contributed by atoms with van der Waals surface area (Å²) in [6.45, 7) is 13.0. The molecule has 0 atom stereocenters. The number of hydrogen-bond donors (Lipinski definition) is 2. The van der Waals surface area contributed by atoms with Crippen molar-refractivity contribution in [3.8, 4) is 5.75 Å². The van der Waals surface area contributed by atoms with E-state index in [1.54, 1.807) is 6.07 Å². The Labute approximate surface area is 173 Å². The van der Waals surface area contributed by atoms with Crippen molar-refractivity contribution in [1.29, 1.82) is 0 Å². The van der Waals surface area contributed by atoms with Crippen LogP contribution >= 0.6 is 0 Å². The minimum atomic E-state index is -0.363. The SMILES string of the molecule is CCNC(=NCc1ccc(OCC)c(F)c1)N1CCN(CC(=O)NC(C)C)CC1. The molecule has 162 valence electrons. The predicted octanol–water partition coefficient (Wildman–Crippen LogP) is 1.83. The number of rotatable bonds is 8. The Morgan fingerprint density at radius 1 is 1.24 bits per heavy atom. The normalized spacial score (nSPS) is 15.5. The van der Waals surface area contributed by atoms with Crippen LogP contribution < -0.4 is 15.4 Å². The number of amides is 1. The summed E-state index contributed by atoms with van der Waals surface area (Å²) in [4.78, 5) is 21.0. The molecule has 7 nitrogen and oxygen atoms in total. The van der Waals surface area contributed by atoms with E-state index >= 15 is 0 Å². The first kappa shape index (κ1) is 22.9. The van der Waals surface area contributed by atoms with Crippen molar-refractivity contribution >= 4 is 11.9 Å². The smallest absolute Gasteiger partial charge is 0.234 e. The minimum absolute atomic E-state index is 0.0616. The van der Waals surface area contributed by atoms with Crippen LogP contribution in [0.2, 0.25) is 0 Å². The monoisotopic (exact) mass is 407 g/mol. The van der Waals surface area contributed by atoms with Gasteiger partial charge >= 0.3 is 0 Å². The van der Waals surface area contributed by atoms with Gasteiger partial charge in [0.1, 0.15) is 0 Å². The summed E-state index contributed by atoms with van der Waals surface area (Å²) in [6.07, 6.45) is 0. The van der Waals surface area contributed by atoms with Gasteiger partial charge in [0, 0.05) is 38.8 Å². The van der Waals surface area contributed by atoms with Crippen LogP contribution in [0.4, 0.5) is 4.39 Å². The quantitative estimate of drug-likeness (QED) is 0.508. The van der Waals surface area contributed by atoms with Crippen molar-refractivity contribution in [3.63, 3.8) is 0 Å². The van der Waals surface area contributed by atoms with Gasteiger partial charge in [0.25, 0.3) is 0 Å². The van der Waals surface area contributed by atoms with E-state index in [2.05, 4.69) is 25.4 Å². The van der Waals surface area contributed by atoms with Gasteiger partial charge in [0.05, 0.1) is 19.7 Å². The van der Waals surface area contributed by atoms with Crippen LogP contribution in [0.3, 0.4) is 0 Å². The molecule has 0 unspecified atom stereocenters. The van der Waals surface area contributed by atoms with E-state index in [0.29, 0.717) is 19.7 Å². The fourth-order valence-electron chi connectivity index (χ4n) is 3.20. The van der Waals surface area contributed by atoms with Gasteiger partial charge in [0.15, 0.2) is 17.5 Å². The number of carbonyl (C=O) groups is 1. The van der Waals surface area contributed by atoms with Crippen LogP contribution in [0.5, 0.6) is 5.75 Å². The second-order valence-corrected chi connectivity index (χ2v) is 7.35. The zero-order valence-electron chi connectivity index (χ0n) is 18.0. The van der Waals surface area contributed by atoms with Gasteiger partial charge in [-0.15, -0.1) is 0 Å². The number of ether oxygens (including phenoxy) is 1. The molecule has 8 heteroatoms. The maximum absolute atomic E-state index is 14.1. The van der Waals surface area contributed by atoms with Crippen LogP contribution in [0.1, 0.15) is 33.3 Å². The van der Waals surface area contributed by atoms with Crippen molar-refractivity contribution in [2.45, 2.75) is 40.3 Å². The molecule has 1 amide bonds. The number of aliphatic imine (C=N–C) groups is 1. The van der Waals surface area contributed by atoms with Gasteiger partial charge in [-0.3, -0.25) is 9.69 Å². The van der Waals surface area contributed by atoms with E-state index in [9.17, 15) is 9.18 Å². The van der Waals surface area contributed by atoms with Gasteiger partial charge in [-0.1, -0.05) is 6.07 Å². The lowest BCUT2D eigenvalue weighted by atomic mass is 10.2. The maximum atomic E-state index is 14.1. The number of halogens is 1. The van der Waals surface area contributed by atoms with E-state index in [4.69, 9.17) is 4.74 Å². The molecule has 1 saturated heterocycles. The summed E-state index contributed by atoms with van der Waals surface area (Å²) >= 11 is 0. The van der Waals surface area contributed by atoms with E-state index in [-0.39, 0.29) is 23.5 Å². The van der Waals surface area contributed by atoms with E-state index < -0.39 is 0 Å². The molecule has 0 aliphatic carbocycles. The van der Waals surface area contributed by atoms with Crippen molar-refractivity contribution in [2.24, 2.45) is 4.99 Å². The molecule has 1 aromatic rings. The Morgan fingerprint density at radius 3 is 2.55 bits per heavy atom. The van der Waals surface area contributed by atoms with Crippen molar-refractivity contribution in [2.75, 3.05) is 45.9 Å². The molecule has 1 aliphatic rings. The molecule has 1 aromatic carbocycles. The number of hydrogen-bond acceptors (Lipinski definition) is 4. The van der Waals surface area contributed by atoms with Crippen LogP contribution in [0.15, 0.2) is 23.2 Å². The van der Waals surface area contributed by atoms with E-state index in [1.165, 1.54) is 6.07 Å². The minimum Gasteiger partial charge on any atom is -0.491 e. The third-order valence-corrected chi connectivity index (χ3v) is 4.53. The first-order valence-corrected chi connectivity index (χ1v) is 10.4. The zero-order valence-corrected chi connectivity index (χ0v) is 18.0. The first-order valence-electron chi connectivity index (χ1n) is 10.4. The van der Waals surface area contributed by atoms with Gasteiger partial charge in [0.2, 0.25) is 5.91 Å². The maximum Gasteiger partial charge on any atom is 0.234 e. The zero-order chi connectivity index (χ0) is 21.2. The van der Waals surface area contributed by atoms with Crippen molar-refractivity contribution in [1.82, 2.24) is 20.4 Å². The molecule has 29 heavy (non-hydrogen) atoms. The summed E-state index contributed by atoms with van der Waals surface area (Å²) in [6, 6.07) is 5.12. The molecule has 0 saturated carbocycles. The summed E-state index contributed by atoms with van der Waals surface area (Å²) in [5, 5.41) is 6.24. The first-order chi connectivity index (χ1) is 13.9. The lowest BCUT2D eigenvalue weighted by molar-refractivity contribution is -0.123. The highest BCUT2D eigenvalue weighted by molar-refractivity contribution is 5.80. The van der Waals surface area contributed by atoms with Gasteiger partial charge in [-0.2, -0.15) is 0 Å². The standard InChI is InChI=1S/C21H34FN5O2/c1-5-23-21(24-14-17-7-8-19(29-6-2)18(22)13-17)27-11-9-26(10-12-27)15-20(28)25-16(3)4/h7-8,13,16H,5-6,9-12,14-15H2,1-4H3,(H,23,24)(H,25,28). The number of carbonyl (C=O) groups excluding carboxylic acids is 1. The Bertz CT molecular complexity index is 688. The Kier molecular flexibility index (Phi) is 9.18. The Hall–Kier alpha value is -2.35. The Balaban J connectivity index is 1.92. The Morgan fingerprint density at radius 2 is 1.97 bits per heavy atom. The number of guanidine groups is 1. The van der Waals surface area contributed by atoms with Crippen molar-refractivity contribution < 1.29 is 13.9 Å². The summed E-state index contributed by atoms with van der Waals surface area (Å²) in [5.74, 6) is 0.780. The second kappa shape index (κ2) is 11.6. The van der Waals surface area contributed by atoms with E-state index in [1.807, 2.05) is 33.8 Å². The third-order valence-electron chi connectivity index (χ3n) is 4.53. The molecule has 2 rings (SSSR count). The van der Waals surface area contributed by atoms with E-state index in [0.717, 1.165) is 44.2 Å². The highest BCUT2D eigenvalue weighted by Gasteiger charge is 2.21. The number of benzene rings is 1. The molecule has 1 fully saturated rings. The number of nitrogens with zero attached hydrogens (tertiary/aromatic N) is 3. The molecule has 2 N–H and O–H groups in total. The number of piperazine rings is 1. The topological polar surface area (TPSA) is 69.2 Å². The summed E-state index contributed by atoms with van der Waals surface area (Å²) in [7, 11) is 0. The summed E-state index contributed by atoms with van der Waals surface area (Å²) in [5.41, 5.74) is 0.797. The average molecular weight is 408 g/mol. The summed E-state index contributed by atoms with van der Waals surface area (Å²) < 4.78 is 19.3. The van der Waals surface area contributed by atoms with Crippen LogP contribution in [0, 0.1) is 5.82 Å². The lowest BCUT2D eigenvalue weighted by Crippen LogP contribution is -2.54. The largest absolute Gasteiger partial charge is 0.491 e. The fraction of sp³-hybridized carbons (Fsp3) is 0.619. The van der Waals surface area contributed by atoms with Gasteiger partial charge in [-0.25, -0.2) is 9.38 Å². The molecular formula is C21H34FN5O2. The molecule has 0 spiro atoms. The van der Waals surface area contributed by atoms with Crippen LogP contribution in [0.25, 0.3) is 0 Å². The highest BCUT2D eigenvalue weighted by atomic mass is 19.1. The molecule has 1 heterocycles. The molecule has 0 aromatic heterocycles. The molecular weight excluding hydrogens is 373 g/mol. The molecule has 0 bridgehead atoms. The van der Waals surface area contributed by atoms with Gasteiger partial charge < -0.3 is 20.3 Å². The molecule has 0 radical (unpaired) electrons. The average Bonchev–Trinajstić information content (AvgIpc) is 2.67. The molecule has 1 aliphatic heterocycles. The van der Waals surface area contributed by atoms with Crippen LogP contribution in [-0.2, 0) is 11.3 Å². The van der Waals surface area contributed by atoms with Gasteiger partial charge in [-0.05, 0) is 45.4 Å². The third kappa shape index (κ3) is 7.53. The predicted molar refractivity (Wildman–Crippen MR) is 114 cm³/mol. The fourth-order valence-corrected chi connectivity index (χ4v) is 3.20. The highest BCUT2D eigenvalue weighted by Crippen LogP contribution is 2.19. The van der Waals surface area contributed by atoms with Crippen LogP contribution in [-0.4, -0.2) is 73.6 Å². The second-order valence-electron chi connectivity index (χ2n) is 7.35. The van der Waals surface area contributed by atoms with Crippen molar-refractivity contribution in [3.05, 3.63) is 29.6 Å². The number of nitrogens with one attached hydrogen (secondary N) is 2. The lowest BCUT2D eigenvalue weighted by Gasteiger charge is -2.36.